The second kappa shape index (κ2) is 5.28. The van der Waals surface area contributed by atoms with E-state index in [2.05, 4.69) is 25.6 Å². The first-order chi connectivity index (χ1) is 6.74. The normalized spacial score (nSPS) is 10.4. The van der Waals surface area contributed by atoms with Crippen molar-refractivity contribution in [2.45, 2.75) is 20.5 Å². The zero-order valence-corrected chi connectivity index (χ0v) is 8.79. The van der Waals surface area contributed by atoms with Gasteiger partial charge in [0.1, 0.15) is 12.4 Å². The van der Waals surface area contributed by atoms with Crippen molar-refractivity contribution in [3.05, 3.63) is 59.9 Å². The Morgan fingerprint density at radius 3 is 2.79 bits per heavy atom. The fourth-order valence-electron chi connectivity index (χ4n) is 1.18. The second-order valence-electron chi connectivity index (χ2n) is 3.18. The SMILES string of the molecule is C=C(/C=C\C)OCc1ccccc1C. The summed E-state index contributed by atoms with van der Waals surface area (Å²) in [6.07, 6.45) is 3.78. The summed E-state index contributed by atoms with van der Waals surface area (Å²) in [6.45, 7) is 8.40. The molecule has 0 aliphatic heterocycles. The molecule has 0 saturated heterocycles. The quantitative estimate of drug-likeness (QED) is 0.518. The van der Waals surface area contributed by atoms with E-state index in [0.717, 1.165) is 0 Å². The minimum absolute atomic E-state index is 0.593. The Hall–Kier alpha value is -1.50. The third-order valence-electron chi connectivity index (χ3n) is 2.03. The Balaban J connectivity index is 2.54. The molecule has 0 aliphatic rings. The van der Waals surface area contributed by atoms with Gasteiger partial charge in [0.2, 0.25) is 0 Å². The largest absolute Gasteiger partial charge is 0.490 e. The molecule has 0 amide bonds. The summed E-state index contributed by atoms with van der Waals surface area (Å²) in [5.41, 5.74) is 2.46. The molecule has 0 spiro atoms. The molecule has 0 heterocycles. The van der Waals surface area contributed by atoms with Crippen molar-refractivity contribution in [2.24, 2.45) is 0 Å². The van der Waals surface area contributed by atoms with E-state index in [9.17, 15) is 0 Å². The smallest absolute Gasteiger partial charge is 0.114 e. The monoisotopic (exact) mass is 188 g/mol. The lowest BCUT2D eigenvalue weighted by atomic mass is 10.1. The fraction of sp³-hybridized carbons (Fsp3) is 0.231. The lowest BCUT2D eigenvalue weighted by Gasteiger charge is -2.07. The molecule has 1 aromatic carbocycles. The molecule has 0 bridgehead atoms. The van der Waals surface area contributed by atoms with Crippen molar-refractivity contribution >= 4 is 0 Å². The zero-order chi connectivity index (χ0) is 10.4. The standard InChI is InChI=1S/C13H16O/c1-4-7-12(3)14-10-13-9-6-5-8-11(13)2/h4-9H,3,10H2,1-2H3/b7-4-. The summed E-state index contributed by atoms with van der Waals surface area (Å²) >= 11 is 0. The summed E-state index contributed by atoms with van der Waals surface area (Å²) in [6, 6.07) is 8.19. The van der Waals surface area contributed by atoms with E-state index in [4.69, 9.17) is 4.74 Å². The maximum atomic E-state index is 5.47. The van der Waals surface area contributed by atoms with Crippen molar-refractivity contribution in [2.75, 3.05) is 0 Å². The van der Waals surface area contributed by atoms with Crippen LogP contribution in [0.1, 0.15) is 18.1 Å². The van der Waals surface area contributed by atoms with E-state index in [0.29, 0.717) is 12.4 Å². The molecule has 0 radical (unpaired) electrons. The van der Waals surface area contributed by atoms with E-state index in [1.165, 1.54) is 11.1 Å². The maximum Gasteiger partial charge on any atom is 0.114 e. The van der Waals surface area contributed by atoms with Gasteiger partial charge in [0, 0.05) is 0 Å². The Kier molecular flexibility index (Phi) is 3.99. The molecule has 14 heavy (non-hydrogen) atoms. The molecule has 0 fully saturated rings. The minimum atomic E-state index is 0.593. The van der Waals surface area contributed by atoms with Crippen molar-refractivity contribution in [1.29, 1.82) is 0 Å². The van der Waals surface area contributed by atoms with Crippen LogP contribution < -0.4 is 0 Å². The third-order valence-corrected chi connectivity index (χ3v) is 2.03. The van der Waals surface area contributed by atoms with Gasteiger partial charge in [-0.2, -0.15) is 0 Å². The molecular formula is C13H16O. The van der Waals surface area contributed by atoms with Crippen molar-refractivity contribution < 1.29 is 4.74 Å². The number of aryl methyl sites for hydroxylation is 1. The summed E-state index contributed by atoms with van der Waals surface area (Å²) < 4.78 is 5.47. The van der Waals surface area contributed by atoms with E-state index in [-0.39, 0.29) is 0 Å². The van der Waals surface area contributed by atoms with Gasteiger partial charge in [0.05, 0.1) is 0 Å². The average molecular weight is 188 g/mol. The van der Waals surface area contributed by atoms with Gasteiger partial charge in [-0.05, 0) is 31.1 Å². The number of ether oxygens (including phenoxy) is 1. The van der Waals surface area contributed by atoms with Crippen LogP contribution in [0.5, 0.6) is 0 Å². The molecule has 0 aliphatic carbocycles. The maximum absolute atomic E-state index is 5.47. The molecule has 0 atom stereocenters. The van der Waals surface area contributed by atoms with Crippen LogP contribution in [0.15, 0.2) is 48.8 Å². The molecule has 1 heteroatoms. The molecule has 0 aromatic heterocycles. The van der Waals surface area contributed by atoms with Gasteiger partial charge < -0.3 is 4.74 Å². The molecule has 74 valence electrons. The highest BCUT2D eigenvalue weighted by molar-refractivity contribution is 5.25. The predicted molar refractivity (Wildman–Crippen MR) is 59.9 cm³/mol. The van der Waals surface area contributed by atoms with E-state index < -0.39 is 0 Å². The zero-order valence-electron chi connectivity index (χ0n) is 8.79. The number of rotatable bonds is 4. The van der Waals surface area contributed by atoms with Gasteiger partial charge >= 0.3 is 0 Å². The molecule has 0 N–H and O–H groups in total. The van der Waals surface area contributed by atoms with Gasteiger partial charge in [-0.1, -0.05) is 36.9 Å². The molecule has 0 unspecified atom stereocenters. The number of benzene rings is 1. The molecule has 1 aromatic rings. The Labute approximate surface area is 85.7 Å². The van der Waals surface area contributed by atoms with Crippen LogP contribution in [-0.4, -0.2) is 0 Å². The van der Waals surface area contributed by atoms with Gasteiger partial charge in [0.25, 0.3) is 0 Å². The first-order valence-electron chi connectivity index (χ1n) is 4.73. The van der Waals surface area contributed by atoms with Crippen molar-refractivity contribution in [3.63, 3.8) is 0 Å². The van der Waals surface area contributed by atoms with Gasteiger partial charge in [-0.3, -0.25) is 0 Å². The Morgan fingerprint density at radius 2 is 2.14 bits per heavy atom. The van der Waals surface area contributed by atoms with E-state index in [1.807, 2.05) is 31.2 Å². The lowest BCUT2D eigenvalue weighted by Crippen LogP contribution is -1.93. The highest BCUT2D eigenvalue weighted by atomic mass is 16.5. The van der Waals surface area contributed by atoms with Crippen molar-refractivity contribution in [3.8, 4) is 0 Å². The van der Waals surface area contributed by atoms with Gasteiger partial charge in [-0.25, -0.2) is 0 Å². The minimum Gasteiger partial charge on any atom is -0.490 e. The highest BCUT2D eigenvalue weighted by Crippen LogP contribution is 2.10. The van der Waals surface area contributed by atoms with E-state index in [1.54, 1.807) is 0 Å². The van der Waals surface area contributed by atoms with Gasteiger partial charge in [-0.15, -0.1) is 0 Å². The summed E-state index contributed by atoms with van der Waals surface area (Å²) in [5.74, 6) is 0.704. The topological polar surface area (TPSA) is 9.23 Å². The van der Waals surface area contributed by atoms with Crippen LogP contribution in [0.2, 0.25) is 0 Å². The molecule has 1 nitrogen and oxygen atoms in total. The number of hydrogen-bond acceptors (Lipinski definition) is 1. The fourth-order valence-corrected chi connectivity index (χ4v) is 1.18. The second-order valence-corrected chi connectivity index (χ2v) is 3.18. The predicted octanol–water partition coefficient (Wildman–Crippen LogP) is 3.60. The Morgan fingerprint density at radius 1 is 1.43 bits per heavy atom. The number of allylic oxidation sites excluding steroid dienone is 2. The van der Waals surface area contributed by atoms with E-state index >= 15 is 0 Å². The van der Waals surface area contributed by atoms with Crippen LogP contribution in [0.3, 0.4) is 0 Å². The van der Waals surface area contributed by atoms with Crippen molar-refractivity contribution in [1.82, 2.24) is 0 Å². The summed E-state index contributed by atoms with van der Waals surface area (Å²) in [7, 11) is 0. The van der Waals surface area contributed by atoms with Crippen LogP contribution in [-0.2, 0) is 11.3 Å². The molecular weight excluding hydrogens is 172 g/mol. The molecule has 1 rings (SSSR count). The third kappa shape index (κ3) is 3.09. The molecule has 0 saturated carbocycles. The lowest BCUT2D eigenvalue weighted by molar-refractivity contribution is 0.212. The van der Waals surface area contributed by atoms with Crippen LogP contribution >= 0.6 is 0 Å². The average Bonchev–Trinajstić information content (AvgIpc) is 2.17. The number of hydrogen-bond donors (Lipinski definition) is 0. The van der Waals surface area contributed by atoms with Crippen LogP contribution in [0.4, 0.5) is 0 Å². The first-order valence-corrected chi connectivity index (χ1v) is 4.73. The first kappa shape index (κ1) is 10.6. The summed E-state index contributed by atoms with van der Waals surface area (Å²) in [4.78, 5) is 0. The van der Waals surface area contributed by atoms with Crippen LogP contribution in [0.25, 0.3) is 0 Å². The van der Waals surface area contributed by atoms with Gasteiger partial charge in [0.15, 0.2) is 0 Å². The summed E-state index contributed by atoms with van der Waals surface area (Å²) in [5, 5.41) is 0. The highest BCUT2D eigenvalue weighted by Gasteiger charge is 1.96. The Bertz CT molecular complexity index is 337. The van der Waals surface area contributed by atoms with Crippen LogP contribution in [0, 0.1) is 6.92 Å².